The lowest BCUT2D eigenvalue weighted by Gasteiger charge is -2.27. The fourth-order valence-corrected chi connectivity index (χ4v) is 2.25. The largest absolute Gasteiger partial charge is 0.334 e. The van der Waals surface area contributed by atoms with Crippen molar-refractivity contribution >= 4 is 39.2 Å². The van der Waals surface area contributed by atoms with E-state index in [0.717, 1.165) is 22.4 Å². The summed E-state index contributed by atoms with van der Waals surface area (Å²) < 4.78 is 1.10. The Kier molecular flexibility index (Phi) is 2.69. The van der Waals surface area contributed by atoms with Crippen molar-refractivity contribution in [1.29, 1.82) is 0 Å². The quantitative estimate of drug-likeness (QED) is 0.763. The summed E-state index contributed by atoms with van der Waals surface area (Å²) in [6.45, 7) is 0.818. The minimum atomic E-state index is 0.818. The van der Waals surface area contributed by atoms with Gasteiger partial charge >= 0.3 is 0 Å². The van der Waals surface area contributed by atoms with E-state index in [1.165, 1.54) is 5.69 Å². The monoisotopic (exact) mass is 286 g/mol. The lowest BCUT2D eigenvalue weighted by Crippen LogP contribution is -2.21. The van der Waals surface area contributed by atoms with Gasteiger partial charge in [-0.05, 0) is 36.4 Å². The number of fused-ring (bicyclic) bond motifs is 1. The first-order valence-electron chi connectivity index (χ1n) is 5.49. The molecule has 0 bridgehead atoms. The normalized spacial score (nSPS) is 13.6. The van der Waals surface area contributed by atoms with Gasteiger partial charge in [0.25, 0.3) is 0 Å². The third-order valence-electron chi connectivity index (χ3n) is 2.81. The number of aliphatic imine (C=N–C) groups is 1. The van der Waals surface area contributed by atoms with E-state index in [1.807, 2.05) is 24.4 Å². The third kappa shape index (κ3) is 1.98. The summed E-state index contributed by atoms with van der Waals surface area (Å²) >= 11 is 3.46. The summed E-state index contributed by atoms with van der Waals surface area (Å²) in [5.74, 6) is 0. The van der Waals surface area contributed by atoms with E-state index < -0.39 is 0 Å². The van der Waals surface area contributed by atoms with Gasteiger partial charge in [-0.3, -0.25) is 4.99 Å². The summed E-state index contributed by atoms with van der Waals surface area (Å²) in [6, 6.07) is 16.5. The Labute approximate surface area is 109 Å². The lowest BCUT2D eigenvalue weighted by molar-refractivity contribution is 1.12. The Morgan fingerprint density at radius 2 is 1.76 bits per heavy atom. The molecule has 1 heterocycles. The van der Waals surface area contributed by atoms with Gasteiger partial charge in [0.15, 0.2) is 0 Å². The number of anilines is 2. The summed E-state index contributed by atoms with van der Waals surface area (Å²) in [5.41, 5.74) is 3.38. The summed E-state index contributed by atoms with van der Waals surface area (Å²) in [4.78, 5) is 6.67. The summed E-state index contributed by atoms with van der Waals surface area (Å²) in [7, 11) is 0. The SMILES string of the molecule is Brc1ccc(N2CC=Nc3ccccc32)cc1. The zero-order valence-corrected chi connectivity index (χ0v) is 10.8. The number of para-hydroxylation sites is 2. The maximum absolute atomic E-state index is 4.41. The molecule has 3 rings (SSSR count). The van der Waals surface area contributed by atoms with E-state index in [4.69, 9.17) is 0 Å². The Hall–Kier alpha value is -1.61. The van der Waals surface area contributed by atoms with Crippen LogP contribution in [0.3, 0.4) is 0 Å². The molecule has 0 spiro atoms. The van der Waals surface area contributed by atoms with Crippen LogP contribution in [0.15, 0.2) is 58.0 Å². The van der Waals surface area contributed by atoms with Crippen molar-refractivity contribution in [2.75, 3.05) is 11.4 Å². The Balaban J connectivity index is 2.05. The molecule has 0 unspecified atom stereocenters. The van der Waals surface area contributed by atoms with Crippen LogP contribution in [0.5, 0.6) is 0 Å². The van der Waals surface area contributed by atoms with Gasteiger partial charge in [0.05, 0.1) is 17.9 Å². The Bertz CT molecular complexity index is 561. The number of nitrogens with zero attached hydrogens (tertiary/aromatic N) is 2. The van der Waals surface area contributed by atoms with Crippen LogP contribution >= 0.6 is 15.9 Å². The van der Waals surface area contributed by atoms with Crippen molar-refractivity contribution in [1.82, 2.24) is 0 Å². The first-order valence-corrected chi connectivity index (χ1v) is 6.28. The zero-order valence-electron chi connectivity index (χ0n) is 9.18. The maximum Gasteiger partial charge on any atom is 0.0863 e. The van der Waals surface area contributed by atoms with Gasteiger partial charge in [0, 0.05) is 16.4 Å². The highest BCUT2D eigenvalue weighted by Crippen LogP contribution is 2.35. The zero-order chi connectivity index (χ0) is 11.7. The average molecular weight is 287 g/mol. The van der Waals surface area contributed by atoms with Gasteiger partial charge in [-0.15, -0.1) is 0 Å². The number of hydrogen-bond donors (Lipinski definition) is 0. The molecule has 84 valence electrons. The van der Waals surface area contributed by atoms with E-state index in [2.05, 4.69) is 56.2 Å². The predicted octanol–water partition coefficient (Wildman–Crippen LogP) is 4.30. The van der Waals surface area contributed by atoms with Crippen LogP contribution < -0.4 is 4.90 Å². The van der Waals surface area contributed by atoms with Gasteiger partial charge in [-0.1, -0.05) is 28.1 Å². The van der Waals surface area contributed by atoms with Crippen molar-refractivity contribution < 1.29 is 0 Å². The average Bonchev–Trinajstić information content (AvgIpc) is 2.39. The highest BCUT2D eigenvalue weighted by Gasteiger charge is 2.14. The van der Waals surface area contributed by atoms with Crippen molar-refractivity contribution in [2.45, 2.75) is 0 Å². The highest BCUT2D eigenvalue weighted by molar-refractivity contribution is 9.10. The molecule has 1 aliphatic heterocycles. The Morgan fingerprint density at radius 3 is 2.59 bits per heavy atom. The van der Waals surface area contributed by atoms with E-state index in [-0.39, 0.29) is 0 Å². The van der Waals surface area contributed by atoms with Crippen LogP contribution in [-0.4, -0.2) is 12.8 Å². The predicted molar refractivity (Wildman–Crippen MR) is 75.7 cm³/mol. The molecule has 2 nitrogen and oxygen atoms in total. The number of rotatable bonds is 1. The molecule has 0 aromatic heterocycles. The summed E-state index contributed by atoms with van der Waals surface area (Å²) in [5, 5.41) is 0. The number of benzene rings is 2. The molecule has 0 fully saturated rings. The lowest BCUT2D eigenvalue weighted by atomic mass is 10.2. The van der Waals surface area contributed by atoms with Gasteiger partial charge in [-0.25, -0.2) is 0 Å². The van der Waals surface area contributed by atoms with Gasteiger partial charge in [0.2, 0.25) is 0 Å². The van der Waals surface area contributed by atoms with Crippen molar-refractivity contribution in [3.8, 4) is 0 Å². The highest BCUT2D eigenvalue weighted by atomic mass is 79.9. The van der Waals surface area contributed by atoms with Crippen LogP contribution in [0.1, 0.15) is 0 Å². The summed E-state index contributed by atoms with van der Waals surface area (Å²) in [6.07, 6.45) is 1.95. The van der Waals surface area contributed by atoms with Crippen molar-refractivity contribution in [2.24, 2.45) is 4.99 Å². The minimum Gasteiger partial charge on any atom is -0.334 e. The fourth-order valence-electron chi connectivity index (χ4n) is 1.99. The van der Waals surface area contributed by atoms with Crippen molar-refractivity contribution in [3.05, 3.63) is 53.0 Å². The maximum atomic E-state index is 4.41. The molecule has 3 heteroatoms. The molecular weight excluding hydrogens is 276 g/mol. The molecule has 0 atom stereocenters. The number of hydrogen-bond acceptors (Lipinski definition) is 2. The molecular formula is C14H11BrN2. The van der Waals surface area contributed by atoms with E-state index in [9.17, 15) is 0 Å². The second kappa shape index (κ2) is 4.34. The fraction of sp³-hybridized carbons (Fsp3) is 0.0714. The van der Waals surface area contributed by atoms with Crippen LogP contribution in [0.25, 0.3) is 0 Å². The minimum absolute atomic E-state index is 0.818. The molecule has 2 aromatic rings. The molecule has 0 amide bonds. The van der Waals surface area contributed by atoms with E-state index in [1.54, 1.807) is 0 Å². The van der Waals surface area contributed by atoms with Crippen molar-refractivity contribution in [3.63, 3.8) is 0 Å². The Morgan fingerprint density at radius 1 is 1.00 bits per heavy atom. The standard InChI is InChI=1S/C14H11BrN2/c15-11-5-7-12(8-6-11)17-10-9-16-13-3-1-2-4-14(13)17/h1-9H,10H2. The van der Waals surface area contributed by atoms with Crippen LogP contribution in [-0.2, 0) is 0 Å². The number of halogens is 1. The van der Waals surface area contributed by atoms with Gasteiger partial charge < -0.3 is 4.90 Å². The van der Waals surface area contributed by atoms with Crippen LogP contribution in [0, 0.1) is 0 Å². The molecule has 0 radical (unpaired) electrons. The first-order chi connectivity index (χ1) is 8.34. The van der Waals surface area contributed by atoms with Gasteiger partial charge in [-0.2, -0.15) is 0 Å². The third-order valence-corrected chi connectivity index (χ3v) is 3.33. The van der Waals surface area contributed by atoms with E-state index >= 15 is 0 Å². The topological polar surface area (TPSA) is 15.6 Å². The van der Waals surface area contributed by atoms with E-state index in [0.29, 0.717) is 0 Å². The second-order valence-corrected chi connectivity index (χ2v) is 4.80. The molecule has 0 saturated carbocycles. The second-order valence-electron chi connectivity index (χ2n) is 3.89. The van der Waals surface area contributed by atoms with Crippen LogP contribution in [0.2, 0.25) is 0 Å². The molecule has 0 aliphatic carbocycles. The molecule has 0 saturated heterocycles. The van der Waals surface area contributed by atoms with Gasteiger partial charge in [0.1, 0.15) is 0 Å². The van der Waals surface area contributed by atoms with Crippen LogP contribution in [0.4, 0.5) is 17.1 Å². The smallest absolute Gasteiger partial charge is 0.0863 e. The molecule has 0 N–H and O–H groups in total. The molecule has 2 aromatic carbocycles. The first kappa shape index (κ1) is 10.5. The molecule has 1 aliphatic rings. The molecule has 17 heavy (non-hydrogen) atoms.